The lowest BCUT2D eigenvalue weighted by Crippen LogP contribution is -2.52. The molecule has 0 radical (unpaired) electrons. The topological polar surface area (TPSA) is 81.6 Å². The van der Waals surface area contributed by atoms with Crippen LogP contribution in [0.2, 0.25) is 0 Å². The third-order valence-corrected chi connectivity index (χ3v) is 6.97. The van der Waals surface area contributed by atoms with Crippen molar-refractivity contribution < 1.29 is 9.90 Å². The van der Waals surface area contributed by atoms with E-state index in [9.17, 15) is 9.90 Å². The number of aliphatic hydroxyl groups excluding tert-OH is 1. The molecule has 1 aliphatic carbocycles. The summed E-state index contributed by atoms with van der Waals surface area (Å²) in [5.41, 5.74) is 0.805. The molecule has 2 N–H and O–H groups in total. The van der Waals surface area contributed by atoms with Crippen molar-refractivity contribution in [1.29, 1.82) is 0 Å². The van der Waals surface area contributed by atoms with Crippen LogP contribution in [0.5, 0.6) is 0 Å². The molecule has 1 saturated carbocycles. The molecule has 1 atom stereocenters. The zero-order valence-electron chi connectivity index (χ0n) is 20.7. The maximum Gasteiger partial charge on any atom is 0.217 e. The van der Waals surface area contributed by atoms with Crippen LogP contribution in [0.25, 0.3) is 0 Å². The second-order valence-electron chi connectivity index (χ2n) is 10.8. The molecule has 1 saturated heterocycles. The van der Waals surface area contributed by atoms with E-state index in [1.807, 2.05) is 0 Å². The van der Waals surface area contributed by atoms with Gasteiger partial charge in [-0.1, -0.05) is 20.8 Å². The predicted molar refractivity (Wildman–Crippen MR) is 129 cm³/mol. The monoisotopic (exact) mass is 445 g/mol. The Morgan fingerprint density at radius 1 is 1.19 bits per heavy atom. The number of aromatic nitrogens is 2. The predicted octanol–water partition coefficient (Wildman–Crippen LogP) is 2.90. The van der Waals surface area contributed by atoms with Gasteiger partial charge < -0.3 is 15.3 Å². The second kappa shape index (κ2) is 10.9. The van der Waals surface area contributed by atoms with Crippen molar-refractivity contribution in [2.45, 2.75) is 90.6 Å². The average Bonchev–Trinajstić information content (AvgIpc) is 2.73. The third kappa shape index (κ3) is 6.88. The van der Waals surface area contributed by atoms with E-state index in [0.717, 1.165) is 62.3 Å². The largest absolute Gasteiger partial charge is 0.396 e. The number of carbonyl (C=O) groups excluding carboxylic acids is 1. The summed E-state index contributed by atoms with van der Waals surface area (Å²) >= 11 is 0. The number of hydrogen-bond donors (Lipinski definition) is 2. The van der Waals surface area contributed by atoms with Crippen molar-refractivity contribution in [3.63, 3.8) is 0 Å². The van der Waals surface area contributed by atoms with Gasteiger partial charge in [0.15, 0.2) is 0 Å². The maximum atomic E-state index is 11.3. The van der Waals surface area contributed by atoms with Gasteiger partial charge in [0.05, 0.1) is 0 Å². The number of hydrogen-bond acceptors (Lipinski definition) is 6. The Morgan fingerprint density at radius 2 is 1.91 bits per heavy atom. The molecule has 0 bridgehead atoms. The fourth-order valence-electron chi connectivity index (χ4n) is 4.99. The first-order valence-corrected chi connectivity index (χ1v) is 12.4. The van der Waals surface area contributed by atoms with E-state index < -0.39 is 0 Å². The fraction of sp³-hybridized carbons (Fsp3) is 0.800. The highest BCUT2D eigenvalue weighted by atomic mass is 16.3. The number of anilines is 1. The second-order valence-corrected chi connectivity index (χ2v) is 10.8. The molecule has 1 aromatic rings. The number of amides is 1. The van der Waals surface area contributed by atoms with Crippen molar-refractivity contribution in [1.82, 2.24) is 20.2 Å². The van der Waals surface area contributed by atoms with E-state index in [0.29, 0.717) is 18.5 Å². The molecular formula is C25H43N5O2. The van der Waals surface area contributed by atoms with Crippen LogP contribution < -0.4 is 10.2 Å². The highest BCUT2D eigenvalue weighted by molar-refractivity contribution is 5.73. The van der Waals surface area contributed by atoms with Crippen LogP contribution in [0.3, 0.4) is 0 Å². The summed E-state index contributed by atoms with van der Waals surface area (Å²) in [6.45, 7) is 14.6. The van der Waals surface area contributed by atoms with Crippen LogP contribution in [-0.4, -0.2) is 70.8 Å². The third-order valence-electron chi connectivity index (χ3n) is 6.97. The lowest BCUT2D eigenvalue weighted by atomic mass is 9.84. The van der Waals surface area contributed by atoms with Crippen LogP contribution >= 0.6 is 0 Å². The Labute approximate surface area is 194 Å². The molecule has 2 aliphatic rings. The number of nitrogens with zero attached hydrogens (tertiary/aromatic N) is 4. The van der Waals surface area contributed by atoms with Gasteiger partial charge in [0.25, 0.3) is 0 Å². The summed E-state index contributed by atoms with van der Waals surface area (Å²) in [5, 5.41) is 12.5. The molecule has 0 spiro atoms. The minimum atomic E-state index is -0.118. The summed E-state index contributed by atoms with van der Waals surface area (Å²) in [6, 6.07) is 2.92. The summed E-state index contributed by atoms with van der Waals surface area (Å²) in [5.74, 6) is 2.73. The number of nitrogens with one attached hydrogen (secondary N) is 1. The summed E-state index contributed by atoms with van der Waals surface area (Å²) in [7, 11) is 0. The Kier molecular flexibility index (Phi) is 8.50. The number of carbonyl (C=O) groups is 1. The smallest absolute Gasteiger partial charge is 0.217 e. The van der Waals surface area contributed by atoms with E-state index in [-0.39, 0.29) is 17.9 Å². The molecule has 180 valence electrons. The fourth-order valence-corrected chi connectivity index (χ4v) is 4.99. The minimum absolute atomic E-state index is 0.0990. The Morgan fingerprint density at radius 3 is 2.50 bits per heavy atom. The van der Waals surface area contributed by atoms with Gasteiger partial charge in [-0.2, -0.15) is 0 Å². The van der Waals surface area contributed by atoms with Crippen molar-refractivity contribution in [2.75, 3.05) is 37.7 Å². The quantitative estimate of drug-likeness (QED) is 0.672. The first-order valence-electron chi connectivity index (χ1n) is 12.4. The first kappa shape index (κ1) is 24.9. The minimum Gasteiger partial charge on any atom is -0.396 e. The van der Waals surface area contributed by atoms with Gasteiger partial charge in [-0.05, 0) is 51.5 Å². The molecule has 3 rings (SSSR count). The molecule has 7 nitrogen and oxygen atoms in total. The maximum absolute atomic E-state index is 11.3. The highest BCUT2D eigenvalue weighted by Crippen LogP contribution is 2.28. The van der Waals surface area contributed by atoms with E-state index in [4.69, 9.17) is 9.97 Å². The zero-order chi connectivity index (χ0) is 23.3. The van der Waals surface area contributed by atoms with Crippen molar-refractivity contribution in [2.24, 2.45) is 5.92 Å². The Hall–Kier alpha value is -1.73. The molecular weight excluding hydrogens is 402 g/mol. The van der Waals surface area contributed by atoms with Crippen molar-refractivity contribution in [3.8, 4) is 0 Å². The molecule has 2 fully saturated rings. The van der Waals surface area contributed by atoms with Crippen molar-refractivity contribution >= 4 is 11.7 Å². The molecule has 1 aliphatic heterocycles. The molecule has 1 aromatic heterocycles. The SMILES string of the molecule is CC(=O)NC1CCC(CCN2CCN(c3cc(CCO)nc(C(C)(C)C)n3)C[C@H]2C)CC1. The Balaban J connectivity index is 1.53. The van der Waals surface area contributed by atoms with E-state index in [2.05, 4.69) is 48.9 Å². The summed E-state index contributed by atoms with van der Waals surface area (Å²) < 4.78 is 0. The number of aliphatic hydroxyl groups is 1. The molecule has 7 heteroatoms. The van der Waals surface area contributed by atoms with Gasteiger partial charge >= 0.3 is 0 Å². The van der Waals surface area contributed by atoms with Crippen LogP contribution in [0, 0.1) is 5.92 Å². The van der Waals surface area contributed by atoms with Crippen LogP contribution in [0.1, 0.15) is 78.2 Å². The lowest BCUT2D eigenvalue weighted by Gasteiger charge is -2.41. The zero-order valence-corrected chi connectivity index (χ0v) is 20.7. The van der Waals surface area contributed by atoms with Crippen LogP contribution in [0.4, 0.5) is 5.82 Å². The molecule has 0 aromatic carbocycles. The summed E-state index contributed by atoms with van der Waals surface area (Å²) in [6.07, 6.45) is 6.51. The standard InChI is InChI=1S/C25H43N5O2/c1-18-17-30(23-16-22(11-15-31)27-24(28-23)25(3,4)5)14-13-29(18)12-10-20-6-8-21(9-7-20)26-19(2)32/h16,18,20-21,31H,6-15,17H2,1-5H3,(H,26,32)/t18-,20?,21?/m1/s1. The van der Waals surface area contributed by atoms with Crippen molar-refractivity contribution in [3.05, 3.63) is 17.6 Å². The van der Waals surface area contributed by atoms with Gasteiger partial charge in [-0.25, -0.2) is 9.97 Å². The van der Waals surface area contributed by atoms with Gasteiger partial charge in [0, 0.05) is 68.8 Å². The molecule has 0 unspecified atom stereocenters. The number of piperazine rings is 1. The molecule has 2 heterocycles. The van der Waals surface area contributed by atoms with Gasteiger partial charge in [0.1, 0.15) is 11.6 Å². The first-order chi connectivity index (χ1) is 15.2. The van der Waals surface area contributed by atoms with Gasteiger partial charge in [0.2, 0.25) is 5.91 Å². The van der Waals surface area contributed by atoms with Gasteiger partial charge in [-0.3, -0.25) is 9.69 Å². The normalized spacial score (nSPS) is 25.1. The van der Waals surface area contributed by atoms with Crippen LogP contribution in [-0.2, 0) is 16.6 Å². The van der Waals surface area contributed by atoms with E-state index >= 15 is 0 Å². The lowest BCUT2D eigenvalue weighted by molar-refractivity contribution is -0.119. The average molecular weight is 446 g/mol. The van der Waals surface area contributed by atoms with E-state index in [1.54, 1.807) is 6.92 Å². The number of rotatable bonds is 7. The highest BCUT2D eigenvalue weighted by Gasteiger charge is 2.28. The summed E-state index contributed by atoms with van der Waals surface area (Å²) in [4.78, 5) is 25.9. The van der Waals surface area contributed by atoms with E-state index in [1.165, 1.54) is 19.3 Å². The molecule has 1 amide bonds. The molecule has 32 heavy (non-hydrogen) atoms. The van der Waals surface area contributed by atoms with Crippen LogP contribution in [0.15, 0.2) is 6.07 Å². The van der Waals surface area contributed by atoms with Gasteiger partial charge in [-0.15, -0.1) is 0 Å². The Bertz CT molecular complexity index is 755.